The molecule has 0 unspecified atom stereocenters. The Morgan fingerprint density at radius 2 is 1.75 bits per heavy atom. The summed E-state index contributed by atoms with van der Waals surface area (Å²) in [6.07, 6.45) is 7.86. The summed E-state index contributed by atoms with van der Waals surface area (Å²) in [5.41, 5.74) is 0. The predicted molar refractivity (Wildman–Crippen MR) is 89.6 cm³/mol. The Balaban J connectivity index is 1.38. The molecule has 0 atom stereocenters. The molecule has 130 valence electrons. The molecule has 0 radical (unpaired) electrons. The van der Waals surface area contributed by atoms with Crippen molar-refractivity contribution in [2.45, 2.75) is 31.7 Å². The van der Waals surface area contributed by atoms with Crippen LogP contribution >= 0.6 is 0 Å². The minimum absolute atomic E-state index is 0.0390. The van der Waals surface area contributed by atoms with Gasteiger partial charge in [-0.3, -0.25) is 4.79 Å². The molecule has 1 aliphatic heterocycles. The van der Waals surface area contributed by atoms with Crippen LogP contribution in [0.3, 0.4) is 0 Å². The zero-order valence-electron chi connectivity index (χ0n) is 13.8. The minimum atomic E-state index is -0.190. The fourth-order valence-corrected chi connectivity index (χ4v) is 3.18. The van der Waals surface area contributed by atoms with Gasteiger partial charge in [0.05, 0.1) is 6.54 Å². The Morgan fingerprint density at radius 3 is 2.42 bits per heavy atom. The van der Waals surface area contributed by atoms with E-state index in [1.807, 2.05) is 0 Å². The Morgan fingerprint density at radius 1 is 1.08 bits per heavy atom. The van der Waals surface area contributed by atoms with Gasteiger partial charge >= 0.3 is 6.03 Å². The number of aromatic nitrogens is 2. The van der Waals surface area contributed by atoms with Crippen LogP contribution in [0.25, 0.3) is 0 Å². The van der Waals surface area contributed by atoms with Gasteiger partial charge in [-0.1, -0.05) is 12.8 Å². The zero-order valence-corrected chi connectivity index (χ0v) is 13.8. The molecule has 0 aromatic carbocycles. The topological polar surface area (TPSA) is 90.5 Å². The second-order valence-corrected chi connectivity index (χ2v) is 6.23. The molecular weight excluding hydrogens is 308 g/mol. The van der Waals surface area contributed by atoms with Crippen molar-refractivity contribution in [3.8, 4) is 0 Å². The van der Waals surface area contributed by atoms with E-state index in [1.54, 1.807) is 23.4 Å². The van der Waals surface area contributed by atoms with E-state index >= 15 is 0 Å². The van der Waals surface area contributed by atoms with E-state index in [1.165, 1.54) is 12.8 Å². The van der Waals surface area contributed by atoms with Crippen LogP contribution in [-0.2, 0) is 4.79 Å². The summed E-state index contributed by atoms with van der Waals surface area (Å²) in [6.45, 7) is 2.59. The van der Waals surface area contributed by atoms with Crippen molar-refractivity contribution >= 4 is 17.9 Å². The van der Waals surface area contributed by atoms with Crippen molar-refractivity contribution in [2.75, 3.05) is 37.6 Å². The fourth-order valence-electron chi connectivity index (χ4n) is 3.18. The van der Waals surface area contributed by atoms with Crippen LogP contribution in [-0.4, -0.2) is 65.6 Å². The first-order chi connectivity index (χ1) is 11.7. The van der Waals surface area contributed by atoms with Crippen molar-refractivity contribution in [2.24, 2.45) is 0 Å². The van der Waals surface area contributed by atoms with E-state index in [0.29, 0.717) is 32.1 Å². The molecule has 1 saturated carbocycles. The van der Waals surface area contributed by atoms with Gasteiger partial charge in [0.2, 0.25) is 11.9 Å². The van der Waals surface area contributed by atoms with Gasteiger partial charge < -0.3 is 20.4 Å². The molecule has 2 heterocycles. The highest BCUT2D eigenvalue weighted by Gasteiger charge is 2.23. The summed E-state index contributed by atoms with van der Waals surface area (Å²) in [7, 11) is 0. The molecular formula is C16H24N6O2. The number of piperazine rings is 1. The van der Waals surface area contributed by atoms with Crippen LogP contribution in [0.1, 0.15) is 25.7 Å². The quantitative estimate of drug-likeness (QED) is 0.831. The first-order valence-corrected chi connectivity index (χ1v) is 8.56. The highest BCUT2D eigenvalue weighted by atomic mass is 16.2. The molecule has 8 nitrogen and oxygen atoms in total. The number of anilines is 1. The lowest BCUT2D eigenvalue weighted by atomic mass is 10.2. The molecule has 2 aliphatic rings. The van der Waals surface area contributed by atoms with Crippen molar-refractivity contribution in [1.29, 1.82) is 0 Å². The maximum Gasteiger partial charge on any atom is 0.317 e. The van der Waals surface area contributed by atoms with Gasteiger partial charge in [-0.15, -0.1) is 0 Å². The molecule has 3 amide bonds. The number of nitrogens with zero attached hydrogens (tertiary/aromatic N) is 4. The lowest BCUT2D eigenvalue weighted by Crippen LogP contribution is -2.53. The van der Waals surface area contributed by atoms with Crippen LogP contribution in [0.15, 0.2) is 18.5 Å². The Bertz CT molecular complexity index is 553. The number of carbonyl (C=O) groups is 2. The first-order valence-electron chi connectivity index (χ1n) is 8.56. The standard InChI is InChI=1S/C16H24N6O2/c23-14(20-13-4-1-2-5-13)12-19-16(24)22-10-8-21(9-11-22)15-17-6-3-7-18-15/h3,6-7,13H,1-2,4-5,8-12H2,(H,19,24)(H,20,23). The molecule has 1 aromatic rings. The third kappa shape index (κ3) is 4.33. The Hall–Kier alpha value is -2.38. The van der Waals surface area contributed by atoms with Crippen LogP contribution in [0.4, 0.5) is 10.7 Å². The molecule has 1 aromatic heterocycles. The second kappa shape index (κ2) is 7.94. The van der Waals surface area contributed by atoms with E-state index in [9.17, 15) is 9.59 Å². The van der Waals surface area contributed by atoms with Crippen molar-refractivity contribution < 1.29 is 9.59 Å². The molecule has 24 heavy (non-hydrogen) atoms. The summed E-state index contributed by atoms with van der Waals surface area (Å²) in [4.78, 5) is 36.2. The zero-order chi connectivity index (χ0) is 16.8. The molecule has 0 bridgehead atoms. The first kappa shape index (κ1) is 16.5. The number of carbonyl (C=O) groups excluding carboxylic acids is 2. The highest BCUT2D eigenvalue weighted by Crippen LogP contribution is 2.17. The monoisotopic (exact) mass is 332 g/mol. The van der Waals surface area contributed by atoms with Crippen molar-refractivity contribution in [3.63, 3.8) is 0 Å². The summed E-state index contributed by atoms with van der Waals surface area (Å²) in [5, 5.41) is 5.67. The average molecular weight is 332 g/mol. The molecule has 1 saturated heterocycles. The molecule has 2 N–H and O–H groups in total. The third-order valence-corrected chi connectivity index (χ3v) is 4.52. The highest BCUT2D eigenvalue weighted by molar-refractivity contribution is 5.84. The van der Waals surface area contributed by atoms with Crippen LogP contribution in [0.5, 0.6) is 0 Å². The lowest BCUT2D eigenvalue weighted by molar-refractivity contribution is -0.120. The number of amides is 3. The number of rotatable bonds is 4. The normalized spacial score (nSPS) is 18.5. The summed E-state index contributed by atoms with van der Waals surface area (Å²) in [6, 6.07) is 1.87. The number of urea groups is 1. The summed E-state index contributed by atoms with van der Waals surface area (Å²) >= 11 is 0. The van der Waals surface area contributed by atoms with Gasteiger partial charge in [-0.05, 0) is 18.9 Å². The van der Waals surface area contributed by atoms with E-state index in [0.717, 1.165) is 12.8 Å². The summed E-state index contributed by atoms with van der Waals surface area (Å²) < 4.78 is 0. The predicted octanol–water partition coefficient (Wildman–Crippen LogP) is 0.367. The second-order valence-electron chi connectivity index (χ2n) is 6.23. The van der Waals surface area contributed by atoms with E-state index in [2.05, 4.69) is 25.5 Å². The van der Waals surface area contributed by atoms with Crippen LogP contribution in [0, 0.1) is 0 Å². The molecule has 0 spiro atoms. The summed E-state index contributed by atoms with van der Waals surface area (Å²) in [5.74, 6) is 0.583. The number of nitrogens with one attached hydrogen (secondary N) is 2. The van der Waals surface area contributed by atoms with Crippen molar-refractivity contribution in [3.05, 3.63) is 18.5 Å². The van der Waals surface area contributed by atoms with Gasteiger partial charge in [0.1, 0.15) is 0 Å². The number of hydrogen-bond acceptors (Lipinski definition) is 5. The van der Waals surface area contributed by atoms with Gasteiger partial charge in [0, 0.05) is 44.6 Å². The largest absolute Gasteiger partial charge is 0.352 e. The Labute approximate surface area is 141 Å². The maximum atomic E-state index is 12.2. The fraction of sp³-hybridized carbons (Fsp3) is 0.625. The van der Waals surface area contributed by atoms with E-state index < -0.39 is 0 Å². The van der Waals surface area contributed by atoms with Gasteiger partial charge in [-0.2, -0.15) is 0 Å². The van der Waals surface area contributed by atoms with Crippen LogP contribution < -0.4 is 15.5 Å². The Kier molecular flexibility index (Phi) is 5.45. The van der Waals surface area contributed by atoms with Gasteiger partial charge in [0.25, 0.3) is 0 Å². The lowest BCUT2D eigenvalue weighted by Gasteiger charge is -2.34. The smallest absolute Gasteiger partial charge is 0.317 e. The van der Waals surface area contributed by atoms with Crippen molar-refractivity contribution in [1.82, 2.24) is 25.5 Å². The number of hydrogen-bond donors (Lipinski definition) is 2. The molecule has 2 fully saturated rings. The van der Waals surface area contributed by atoms with E-state index in [4.69, 9.17) is 0 Å². The van der Waals surface area contributed by atoms with Crippen LogP contribution in [0.2, 0.25) is 0 Å². The average Bonchev–Trinajstić information content (AvgIpc) is 3.13. The van der Waals surface area contributed by atoms with Gasteiger partial charge in [-0.25, -0.2) is 14.8 Å². The molecule has 1 aliphatic carbocycles. The maximum absolute atomic E-state index is 12.2. The van der Waals surface area contributed by atoms with E-state index in [-0.39, 0.29) is 24.5 Å². The third-order valence-electron chi connectivity index (χ3n) is 4.52. The minimum Gasteiger partial charge on any atom is -0.352 e. The molecule has 8 heteroatoms. The molecule has 3 rings (SSSR count). The van der Waals surface area contributed by atoms with Gasteiger partial charge in [0.15, 0.2) is 0 Å². The SMILES string of the molecule is O=C(CNC(=O)N1CCN(c2ncccn2)CC1)NC1CCCC1.